The standard InChI is InChI=1S/C9H16O2/c1-2-9-7-8(3-5-10)4-6-11-9/h5,8-9H,2-4,6-7H2,1H3. The zero-order valence-electron chi connectivity index (χ0n) is 7.08. The molecule has 1 heterocycles. The van der Waals surface area contributed by atoms with Crippen molar-refractivity contribution < 1.29 is 9.53 Å². The van der Waals surface area contributed by atoms with Crippen molar-refractivity contribution in [3.05, 3.63) is 0 Å². The van der Waals surface area contributed by atoms with E-state index in [-0.39, 0.29) is 0 Å². The average molecular weight is 156 g/mol. The highest BCUT2D eigenvalue weighted by molar-refractivity contribution is 5.49. The fraction of sp³-hybridized carbons (Fsp3) is 0.889. The minimum atomic E-state index is 0.411. The third-order valence-corrected chi connectivity index (χ3v) is 2.36. The molecular weight excluding hydrogens is 140 g/mol. The Hall–Kier alpha value is -0.370. The van der Waals surface area contributed by atoms with E-state index in [1.807, 2.05) is 0 Å². The molecule has 2 nitrogen and oxygen atoms in total. The van der Waals surface area contributed by atoms with Crippen LogP contribution in [0, 0.1) is 5.92 Å². The summed E-state index contributed by atoms with van der Waals surface area (Å²) in [6, 6.07) is 0. The van der Waals surface area contributed by atoms with Gasteiger partial charge in [0.1, 0.15) is 6.29 Å². The van der Waals surface area contributed by atoms with Crippen molar-refractivity contribution in [3.8, 4) is 0 Å². The molecule has 1 rings (SSSR count). The van der Waals surface area contributed by atoms with E-state index in [1.54, 1.807) is 0 Å². The van der Waals surface area contributed by atoms with Crippen molar-refractivity contribution in [2.24, 2.45) is 5.92 Å². The lowest BCUT2D eigenvalue weighted by atomic mass is 9.92. The van der Waals surface area contributed by atoms with E-state index in [0.29, 0.717) is 12.0 Å². The van der Waals surface area contributed by atoms with Crippen molar-refractivity contribution in [1.82, 2.24) is 0 Å². The van der Waals surface area contributed by atoms with Gasteiger partial charge in [-0.1, -0.05) is 6.92 Å². The Bertz CT molecular complexity index is 123. The molecule has 0 N–H and O–H groups in total. The lowest BCUT2D eigenvalue weighted by Gasteiger charge is -2.27. The third-order valence-electron chi connectivity index (χ3n) is 2.36. The molecule has 0 aromatic heterocycles. The van der Waals surface area contributed by atoms with Crippen LogP contribution in [0.5, 0.6) is 0 Å². The molecule has 0 radical (unpaired) electrons. The van der Waals surface area contributed by atoms with Crippen LogP contribution in [-0.4, -0.2) is 19.0 Å². The Morgan fingerprint density at radius 3 is 3.09 bits per heavy atom. The predicted molar refractivity (Wildman–Crippen MR) is 43.4 cm³/mol. The molecule has 1 aliphatic heterocycles. The summed E-state index contributed by atoms with van der Waals surface area (Å²) >= 11 is 0. The van der Waals surface area contributed by atoms with Gasteiger partial charge in [-0.3, -0.25) is 0 Å². The highest BCUT2D eigenvalue weighted by Gasteiger charge is 2.20. The minimum absolute atomic E-state index is 0.411. The van der Waals surface area contributed by atoms with Crippen molar-refractivity contribution in [1.29, 1.82) is 0 Å². The van der Waals surface area contributed by atoms with Crippen LogP contribution in [-0.2, 0) is 9.53 Å². The molecule has 0 aromatic rings. The first-order valence-electron chi connectivity index (χ1n) is 4.42. The number of hydrogen-bond donors (Lipinski definition) is 0. The quantitative estimate of drug-likeness (QED) is 0.582. The van der Waals surface area contributed by atoms with E-state index >= 15 is 0 Å². The molecule has 0 aromatic carbocycles. The first-order chi connectivity index (χ1) is 5.36. The van der Waals surface area contributed by atoms with E-state index in [4.69, 9.17) is 4.74 Å². The second-order valence-corrected chi connectivity index (χ2v) is 3.19. The normalized spacial score (nSPS) is 31.7. The molecule has 1 fully saturated rings. The highest BCUT2D eigenvalue weighted by atomic mass is 16.5. The van der Waals surface area contributed by atoms with Gasteiger partial charge in [-0.2, -0.15) is 0 Å². The Morgan fingerprint density at radius 2 is 2.45 bits per heavy atom. The summed E-state index contributed by atoms with van der Waals surface area (Å²) in [4.78, 5) is 10.2. The van der Waals surface area contributed by atoms with Gasteiger partial charge in [0.2, 0.25) is 0 Å². The fourth-order valence-corrected chi connectivity index (χ4v) is 1.59. The smallest absolute Gasteiger partial charge is 0.120 e. The van der Waals surface area contributed by atoms with Gasteiger partial charge >= 0.3 is 0 Å². The van der Waals surface area contributed by atoms with Gasteiger partial charge in [0, 0.05) is 13.0 Å². The van der Waals surface area contributed by atoms with E-state index < -0.39 is 0 Å². The van der Waals surface area contributed by atoms with E-state index in [2.05, 4.69) is 6.92 Å². The Morgan fingerprint density at radius 1 is 1.64 bits per heavy atom. The van der Waals surface area contributed by atoms with Crippen molar-refractivity contribution >= 4 is 6.29 Å². The van der Waals surface area contributed by atoms with Crippen LogP contribution >= 0.6 is 0 Å². The molecule has 1 aliphatic rings. The minimum Gasteiger partial charge on any atom is -0.378 e. The first kappa shape index (κ1) is 8.72. The van der Waals surface area contributed by atoms with Crippen LogP contribution in [0.4, 0.5) is 0 Å². The number of rotatable bonds is 3. The number of hydrogen-bond acceptors (Lipinski definition) is 2. The maximum absolute atomic E-state index is 10.2. The van der Waals surface area contributed by atoms with Crippen LogP contribution in [0.3, 0.4) is 0 Å². The molecule has 0 amide bonds. The zero-order chi connectivity index (χ0) is 8.10. The molecule has 2 atom stereocenters. The molecule has 0 aliphatic carbocycles. The van der Waals surface area contributed by atoms with Crippen LogP contribution in [0.25, 0.3) is 0 Å². The summed E-state index contributed by atoms with van der Waals surface area (Å²) in [5.41, 5.74) is 0. The Labute approximate surface area is 67.9 Å². The lowest BCUT2D eigenvalue weighted by Crippen LogP contribution is -2.25. The second kappa shape index (κ2) is 4.50. The van der Waals surface area contributed by atoms with Crippen LogP contribution < -0.4 is 0 Å². The maximum Gasteiger partial charge on any atom is 0.120 e. The molecule has 11 heavy (non-hydrogen) atoms. The molecule has 1 saturated heterocycles. The largest absolute Gasteiger partial charge is 0.378 e. The molecular formula is C9H16O2. The molecule has 0 spiro atoms. The van der Waals surface area contributed by atoms with Gasteiger partial charge in [0.05, 0.1) is 6.10 Å². The van der Waals surface area contributed by atoms with Crippen molar-refractivity contribution in [3.63, 3.8) is 0 Å². The lowest BCUT2D eigenvalue weighted by molar-refractivity contribution is -0.109. The van der Waals surface area contributed by atoms with E-state index in [1.165, 1.54) is 0 Å². The van der Waals surface area contributed by atoms with Gasteiger partial charge in [-0.25, -0.2) is 0 Å². The molecule has 0 bridgehead atoms. The molecule has 0 saturated carbocycles. The zero-order valence-corrected chi connectivity index (χ0v) is 7.08. The summed E-state index contributed by atoms with van der Waals surface area (Å²) in [6.07, 6.45) is 5.39. The third kappa shape index (κ3) is 2.62. The number of carbonyl (C=O) groups is 1. The van der Waals surface area contributed by atoms with Crippen LogP contribution in [0.1, 0.15) is 32.6 Å². The predicted octanol–water partition coefficient (Wildman–Crippen LogP) is 1.78. The number of ether oxygens (including phenoxy) is 1. The fourth-order valence-electron chi connectivity index (χ4n) is 1.59. The number of carbonyl (C=O) groups excluding carboxylic acids is 1. The van der Waals surface area contributed by atoms with Gasteiger partial charge in [-0.15, -0.1) is 0 Å². The SMILES string of the molecule is CCC1CC(CC=O)CCO1. The van der Waals surface area contributed by atoms with E-state index in [0.717, 1.165) is 38.6 Å². The van der Waals surface area contributed by atoms with Crippen molar-refractivity contribution in [2.45, 2.75) is 38.7 Å². The Kier molecular flexibility index (Phi) is 3.57. The molecule has 2 unspecified atom stereocenters. The first-order valence-corrected chi connectivity index (χ1v) is 4.42. The topological polar surface area (TPSA) is 26.3 Å². The monoisotopic (exact) mass is 156 g/mol. The summed E-state index contributed by atoms with van der Waals surface area (Å²) < 4.78 is 5.49. The van der Waals surface area contributed by atoms with E-state index in [9.17, 15) is 4.79 Å². The van der Waals surface area contributed by atoms with Gasteiger partial charge < -0.3 is 9.53 Å². The van der Waals surface area contributed by atoms with Gasteiger partial charge in [0.15, 0.2) is 0 Å². The second-order valence-electron chi connectivity index (χ2n) is 3.19. The van der Waals surface area contributed by atoms with Crippen LogP contribution in [0.15, 0.2) is 0 Å². The Balaban J connectivity index is 2.27. The summed E-state index contributed by atoms with van der Waals surface area (Å²) in [5, 5.41) is 0. The molecule has 2 heteroatoms. The highest BCUT2D eigenvalue weighted by Crippen LogP contribution is 2.23. The summed E-state index contributed by atoms with van der Waals surface area (Å²) in [7, 11) is 0. The van der Waals surface area contributed by atoms with Gasteiger partial charge in [0.25, 0.3) is 0 Å². The summed E-state index contributed by atoms with van der Waals surface area (Å²) in [6.45, 7) is 2.98. The average Bonchev–Trinajstić information content (AvgIpc) is 2.06. The molecule has 64 valence electrons. The maximum atomic E-state index is 10.2. The summed E-state index contributed by atoms with van der Waals surface area (Å²) in [5.74, 6) is 0.589. The van der Waals surface area contributed by atoms with Crippen LogP contribution in [0.2, 0.25) is 0 Å². The van der Waals surface area contributed by atoms with Crippen molar-refractivity contribution in [2.75, 3.05) is 6.61 Å². The van der Waals surface area contributed by atoms with Gasteiger partial charge in [-0.05, 0) is 25.2 Å². The number of aldehydes is 1.